The zero-order chi connectivity index (χ0) is 17.5. The molecule has 0 aliphatic rings. The van der Waals surface area contributed by atoms with Crippen molar-refractivity contribution in [1.82, 2.24) is 19.7 Å². The van der Waals surface area contributed by atoms with Crippen LogP contribution in [0.4, 0.5) is 0 Å². The molecule has 4 heteroatoms. The molecule has 0 unspecified atom stereocenters. The lowest BCUT2D eigenvalue weighted by atomic mass is 10.0. The maximum absolute atomic E-state index is 4.35. The van der Waals surface area contributed by atoms with E-state index in [1.165, 1.54) is 16.7 Å². The number of aromatic nitrogens is 3. The van der Waals surface area contributed by atoms with Gasteiger partial charge in [0.2, 0.25) is 0 Å². The van der Waals surface area contributed by atoms with Crippen LogP contribution in [0.25, 0.3) is 0 Å². The maximum atomic E-state index is 4.35. The summed E-state index contributed by atoms with van der Waals surface area (Å²) < 4.78 is 1.98. The third kappa shape index (κ3) is 4.77. The van der Waals surface area contributed by atoms with Crippen LogP contribution in [0, 0.1) is 0 Å². The van der Waals surface area contributed by atoms with Crippen LogP contribution < -0.4 is 0 Å². The quantitative estimate of drug-likeness (QED) is 0.621. The number of pyridine rings is 1. The molecule has 2 aromatic heterocycles. The van der Waals surface area contributed by atoms with Crippen LogP contribution in [-0.2, 0) is 19.6 Å². The number of rotatable bonds is 8. The number of benzene rings is 1. The van der Waals surface area contributed by atoms with E-state index in [9.17, 15) is 0 Å². The van der Waals surface area contributed by atoms with Gasteiger partial charge in [-0.1, -0.05) is 37.3 Å². The molecule has 4 nitrogen and oxygen atoms in total. The van der Waals surface area contributed by atoms with Crippen LogP contribution in [0.2, 0.25) is 0 Å². The highest BCUT2D eigenvalue weighted by atomic mass is 15.3. The molecule has 0 spiro atoms. The second-order valence-electron chi connectivity index (χ2n) is 6.50. The van der Waals surface area contributed by atoms with Crippen LogP contribution in [0.15, 0.2) is 67.3 Å². The molecule has 0 N–H and O–H groups in total. The Morgan fingerprint density at radius 2 is 1.84 bits per heavy atom. The molecule has 0 saturated carbocycles. The molecule has 0 saturated heterocycles. The van der Waals surface area contributed by atoms with E-state index in [0.29, 0.717) is 6.04 Å². The molecular formula is C21H26N4. The van der Waals surface area contributed by atoms with Crippen molar-refractivity contribution in [2.45, 2.75) is 45.9 Å². The minimum Gasteiger partial charge on any atom is -0.292 e. The molecule has 3 rings (SSSR count). The van der Waals surface area contributed by atoms with Gasteiger partial charge in [0, 0.05) is 43.9 Å². The average molecular weight is 334 g/mol. The summed E-state index contributed by atoms with van der Waals surface area (Å²) in [5, 5.41) is 4.35. The van der Waals surface area contributed by atoms with Crippen molar-refractivity contribution in [2.24, 2.45) is 0 Å². The summed E-state index contributed by atoms with van der Waals surface area (Å²) in [6, 6.07) is 15.3. The van der Waals surface area contributed by atoms with Crippen molar-refractivity contribution in [2.75, 3.05) is 0 Å². The smallest absolute Gasteiger partial charge is 0.0662 e. The van der Waals surface area contributed by atoms with Gasteiger partial charge < -0.3 is 0 Å². The van der Waals surface area contributed by atoms with E-state index in [1.807, 2.05) is 41.6 Å². The first-order chi connectivity index (χ1) is 12.3. The molecule has 1 aromatic carbocycles. The van der Waals surface area contributed by atoms with E-state index >= 15 is 0 Å². The summed E-state index contributed by atoms with van der Waals surface area (Å²) in [5.74, 6) is 0. The van der Waals surface area contributed by atoms with Crippen molar-refractivity contribution < 1.29 is 0 Å². The van der Waals surface area contributed by atoms with Crippen molar-refractivity contribution >= 4 is 0 Å². The van der Waals surface area contributed by atoms with Gasteiger partial charge in [0.25, 0.3) is 0 Å². The lowest BCUT2D eigenvalue weighted by molar-refractivity contribution is 0.185. The SMILES string of the molecule is CC[C@H](C)N(Cc1cccnc1)Cc1ccccc1Cn1cccn1. The van der Waals surface area contributed by atoms with Crippen molar-refractivity contribution in [3.05, 3.63) is 83.9 Å². The van der Waals surface area contributed by atoms with Crippen LogP contribution in [0.5, 0.6) is 0 Å². The van der Waals surface area contributed by atoms with E-state index in [2.05, 4.69) is 59.2 Å². The summed E-state index contributed by atoms with van der Waals surface area (Å²) in [4.78, 5) is 6.79. The van der Waals surface area contributed by atoms with Gasteiger partial charge in [0.05, 0.1) is 6.54 Å². The Morgan fingerprint density at radius 3 is 2.52 bits per heavy atom. The monoisotopic (exact) mass is 334 g/mol. The normalized spacial score (nSPS) is 12.4. The summed E-state index contributed by atoms with van der Waals surface area (Å²) in [7, 11) is 0. The van der Waals surface area contributed by atoms with Crippen LogP contribution in [-0.4, -0.2) is 25.7 Å². The zero-order valence-electron chi connectivity index (χ0n) is 15.0. The molecule has 0 aliphatic carbocycles. The highest BCUT2D eigenvalue weighted by molar-refractivity contribution is 5.27. The lowest BCUT2D eigenvalue weighted by Crippen LogP contribution is -2.32. The van der Waals surface area contributed by atoms with Gasteiger partial charge in [-0.2, -0.15) is 5.10 Å². The molecule has 0 radical (unpaired) electrons. The topological polar surface area (TPSA) is 34.0 Å². The molecule has 0 amide bonds. The minimum atomic E-state index is 0.512. The molecule has 0 bridgehead atoms. The Morgan fingerprint density at radius 1 is 1.00 bits per heavy atom. The van der Waals surface area contributed by atoms with Gasteiger partial charge >= 0.3 is 0 Å². The van der Waals surface area contributed by atoms with Crippen molar-refractivity contribution in [3.63, 3.8) is 0 Å². The molecule has 0 aliphatic heterocycles. The predicted molar refractivity (Wildman–Crippen MR) is 101 cm³/mol. The maximum Gasteiger partial charge on any atom is 0.0662 e. The van der Waals surface area contributed by atoms with Crippen LogP contribution in [0.1, 0.15) is 37.0 Å². The van der Waals surface area contributed by atoms with E-state index in [4.69, 9.17) is 0 Å². The first-order valence-corrected chi connectivity index (χ1v) is 8.93. The van der Waals surface area contributed by atoms with Crippen LogP contribution >= 0.6 is 0 Å². The van der Waals surface area contributed by atoms with Gasteiger partial charge in [0.1, 0.15) is 0 Å². The summed E-state index contributed by atoms with van der Waals surface area (Å²) >= 11 is 0. The standard InChI is InChI=1S/C21H26N4/c1-3-18(2)24(15-19-8-6-11-22-14-19)16-20-9-4-5-10-21(20)17-25-13-7-12-23-25/h4-14,18H,3,15-17H2,1-2H3/t18-/m0/s1. The number of nitrogens with zero attached hydrogens (tertiary/aromatic N) is 4. The average Bonchev–Trinajstić information content (AvgIpc) is 3.16. The molecule has 130 valence electrons. The van der Waals surface area contributed by atoms with Gasteiger partial charge in [-0.15, -0.1) is 0 Å². The Labute approximate surface area is 150 Å². The third-order valence-corrected chi connectivity index (χ3v) is 4.71. The second kappa shape index (κ2) is 8.58. The molecule has 3 aromatic rings. The Balaban J connectivity index is 1.79. The zero-order valence-corrected chi connectivity index (χ0v) is 15.0. The summed E-state index contributed by atoms with van der Waals surface area (Å²) in [6.45, 7) is 7.20. The molecule has 2 heterocycles. The lowest BCUT2D eigenvalue weighted by Gasteiger charge is -2.29. The van der Waals surface area contributed by atoms with E-state index in [0.717, 1.165) is 26.1 Å². The van der Waals surface area contributed by atoms with Gasteiger partial charge in [-0.25, -0.2) is 0 Å². The fourth-order valence-corrected chi connectivity index (χ4v) is 3.01. The van der Waals surface area contributed by atoms with Gasteiger partial charge in [-0.3, -0.25) is 14.6 Å². The van der Waals surface area contributed by atoms with E-state index in [1.54, 1.807) is 0 Å². The first-order valence-electron chi connectivity index (χ1n) is 8.93. The fraction of sp³-hybridized carbons (Fsp3) is 0.333. The van der Waals surface area contributed by atoms with Crippen molar-refractivity contribution in [1.29, 1.82) is 0 Å². The highest BCUT2D eigenvalue weighted by Gasteiger charge is 2.15. The second-order valence-corrected chi connectivity index (χ2v) is 6.50. The summed E-state index contributed by atoms with van der Waals surface area (Å²) in [5.41, 5.74) is 3.94. The summed E-state index contributed by atoms with van der Waals surface area (Å²) in [6.07, 6.45) is 8.76. The fourth-order valence-electron chi connectivity index (χ4n) is 3.01. The van der Waals surface area contributed by atoms with Gasteiger partial charge in [-0.05, 0) is 42.2 Å². The van der Waals surface area contributed by atoms with Crippen molar-refractivity contribution in [3.8, 4) is 0 Å². The number of hydrogen-bond acceptors (Lipinski definition) is 3. The molecule has 0 fully saturated rings. The number of hydrogen-bond donors (Lipinski definition) is 0. The third-order valence-electron chi connectivity index (χ3n) is 4.71. The minimum absolute atomic E-state index is 0.512. The first kappa shape index (κ1) is 17.4. The Kier molecular flexibility index (Phi) is 5.96. The highest BCUT2D eigenvalue weighted by Crippen LogP contribution is 2.18. The van der Waals surface area contributed by atoms with Crippen LogP contribution in [0.3, 0.4) is 0 Å². The Hall–Kier alpha value is -2.46. The largest absolute Gasteiger partial charge is 0.292 e. The van der Waals surface area contributed by atoms with E-state index < -0.39 is 0 Å². The molecule has 1 atom stereocenters. The Bertz CT molecular complexity index is 753. The predicted octanol–water partition coefficient (Wildman–Crippen LogP) is 4.13. The van der Waals surface area contributed by atoms with E-state index in [-0.39, 0.29) is 0 Å². The van der Waals surface area contributed by atoms with Gasteiger partial charge in [0.15, 0.2) is 0 Å². The molecule has 25 heavy (non-hydrogen) atoms. The molecular weight excluding hydrogens is 308 g/mol.